The van der Waals surface area contributed by atoms with E-state index in [-0.39, 0.29) is 31.1 Å². The van der Waals surface area contributed by atoms with Crippen molar-refractivity contribution in [2.24, 2.45) is 0 Å². The van der Waals surface area contributed by atoms with Gasteiger partial charge in [0.2, 0.25) is 0 Å². The molecular formula is C6H15NU. The smallest absolute Gasteiger partial charge is 0.0118 e. The average molecular weight is 339 g/mol. The van der Waals surface area contributed by atoms with E-state index in [9.17, 15) is 0 Å². The molecule has 0 aromatic heterocycles. The van der Waals surface area contributed by atoms with Crippen molar-refractivity contribution in [3.63, 3.8) is 0 Å². The largest absolute Gasteiger partial charge is 0.305 e. The molecule has 0 aromatic carbocycles. The standard InChI is InChI=1S/C6H15N.U/c1-6(2,3)7(4)5;/h1-5H3;. The van der Waals surface area contributed by atoms with Crippen LogP contribution in [0, 0.1) is 31.1 Å². The molecule has 0 aromatic rings. The van der Waals surface area contributed by atoms with Crippen molar-refractivity contribution >= 4 is 0 Å². The summed E-state index contributed by atoms with van der Waals surface area (Å²) in [5.74, 6) is 0. The zero-order valence-electron chi connectivity index (χ0n) is 6.45. The molecular weight excluding hydrogens is 324 g/mol. The Kier molecular flexibility index (Phi) is 5.78. The second-order valence-electron chi connectivity index (χ2n) is 3.07. The number of rotatable bonds is 0. The van der Waals surface area contributed by atoms with Gasteiger partial charge in [-0.25, -0.2) is 0 Å². The van der Waals surface area contributed by atoms with Gasteiger partial charge >= 0.3 is 0 Å². The quantitative estimate of drug-likeness (QED) is 0.644. The molecule has 8 heavy (non-hydrogen) atoms. The van der Waals surface area contributed by atoms with E-state index in [0.29, 0.717) is 5.54 Å². The van der Waals surface area contributed by atoms with Crippen LogP contribution in [0.5, 0.6) is 0 Å². The zero-order valence-corrected chi connectivity index (χ0v) is 10.6. The van der Waals surface area contributed by atoms with E-state index in [1.165, 1.54) is 0 Å². The Labute approximate surface area is 76.2 Å². The molecule has 0 atom stereocenters. The number of hydrogen-bond donors (Lipinski definition) is 0. The van der Waals surface area contributed by atoms with E-state index < -0.39 is 0 Å². The monoisotopic (exact) mass is 339 g/mol. The van der Waals surface area contributed by atoms with Crippen LogP contribution in [0.15, 0.2) is 0 Å². The van der Waals surface area contributed by atoms with Gasteiger partial charge in [0.15, 0.2) is 0 Å². The van der Waals surface area contributed by atoms with Gasteiger partial charge in [-0.2, -0.15) is 0 Å². The van der Waals surface area contributed by atoms with Crippen LogP contribution < -0.4 is 0 Å². The summed E-state index contributed by atoms with van der Waals surface area (Å²) in [7, 11) is 4.17. The maximum absolute atomic E-state index is 2.19. The Balaban J connectivity index is 0. The first-order valence-corrected chi connectivity index (χ1v) is 2.62. The summed E-state index contributed by atoms with van der Waals surface area (Å²) in [4.78, 5) is 2.19. The van der Waals surface area contributed by atoms with Crippen molar-refractivity contribution in [1.29, 1.82) is 0 Å². The number of hydrogen-bond acceptors (Lipinski definition) is 1. The summed E-state index contributed by atoms with van der Waals surface area (Å²) in [6.45, 7) is 6.56. The van der Waals surface area contributed by atoms with Crippen molar-refractivity contribution in [3.8, 4) is 0 Å². The second-order valence-corrected chi connectivity index (χ2v) is 3.07. The molecule has 1 nitrogen and oxygen atoms in total. The molecule has 0 saturated heterocycles. The predicted molar refractivity (Wildman–Crippen MR) is 33.4 cm³/mol. The Bertz CT molecular complexity index is 54.0. The minimum Gasteiger partial charge on any atom is -0.305 e. The summed E-state index contributed by atoms with van der Waals surface area (Å²) in [6, 6.07) is 0. The maximum atomic E-state index is 2.19. The van der Waals surface area contributed by atoms with Crippen molar-refractivity contribution < 1.29 is 31.1 Å². The van der Waals surface area contributed by atoms with Crippen molar-refractivity contribution in [3.05, 3.63) is 0 Å². The van der Waals surface area contributed by atoms with Crippen LogP contribution in [0.25, 0.3) is 0 Å². The van der Waals surface area contributed by atoms with Crippen LogP contribution >= 0.6 is 0 Å². The van der Waals surface area contributed by atoms with Crippen molar-refractivity contribution in [2.75, 3.05) is 14.1 Å². The minimum atomic E-state index is 0. The van der Waals surface area contributed by atoms with Gasteiger partial charge in [0.1, 0.15) is 0 Å². The molecule has 0 unspecified atom stereocenters. The number of nitrogens with zero attached hydrogens (tertiary/aromatic N) is 1. The summed E-state index contributed by atoms with van der Waals surface area (Å²) in [5, 5.41) is 0. The molecule has 0 aliphatic carbocycles. The van der Waals surface area contributed by atoms with Gasteiger partial charge < -0.3 is 4.90 Å². The SMILES string of the molecule is CN(C)C(C)(C)C.[U]. The first-order chi connectivity index (χ1) is 2.94. The maximum Gasteiger partial charge on any atom is 0.0118 e. The summed E-state index contributed by atoms with van der Waals surface area (Å²) in [5.41, 5.74) is 0.333. The summed E-state index contributed by atoms with van der Waals surface area (Å²) in [6.07, 6.45) is 0. The average Bonchev–Trinajstić information content (AvgIpc) is 1.31. The third kappa shape index (κ3) is 5.15. The normalized spacial score (nSPS) is 11.2. The van der Waals surface area contributed by atoms with Crippen molar-refractivity contribution in [2.45, 2.75) is 26.3 Å². The van der Waals surface area contributed by atoms with E-state index in [1.54, 1.807) is 0 Å². The molecule has 0 saturated carbocycles. The van der Waals surface area contributed by atoms with Gasteiger partial charge in [-0.3, -0.25) is 0 Å². The van der Waals surface area contributed by atoms with E-state index >= 15 is 0 Å². The van der Waals surface area contributed by atoms with Crippen LogP contribution in [0.2, 0.25) is 0 Å². The van der Waals surface area contributed by atoms with Gasteiger partial charge in [-0.05, 0) is 34.9 Å². The third-order valence-corrected chi connectivity index (χ3v) is 1.34. The Morgan fingerprint density at radius 2 is 1.12 bits per heavy atom. The molecule has 0 amide bonds. The van der Waals surface area contributed by atoms with Gasteiger partial charge in [0.05, 0.1) is 0 Å². The van der Waals surface area contributed by atoms with E-state index in [0.717, 1.165) is 0 Å². The fourth-order valence-corrected chi connectivity index (χ4v) is 0. The van der Waals surface area contributed by atoms with Crippen LogP contribution in [0.3, 0.4) is 0 Å². The second kappa shape index (κ2) is 3.93. The van der Waals surface area contributed by atoms with Crippen LogP contribution in [0.4, 0.5) is 0 Å². The summed E-state index contributed by atoms with van der Waals surface area (Å²) < 4.78 is 0. The molecule has 48 valence electrons. The molecule has 0 bridgehead atoms. The molecule has 0 aliphatic heterocycles. The zero-order chi connectivity index (χ0) is 6.08. The fourth-order valence-electron chi connectivity index (χ4n) is 0. The van der Waals surface area contributed by atoms with Crippen LogP contribution in [-0.2, 0) is 0 Å². The molecule has 0 fully saturated rings. The summed E-state index contributed by atoms with van der Waals surface area (Å²) >= 11 is 0. The molecule has 0 spiro atoms. The van der Waals surface area contributed by atoms with Gasteiger partial charge in [-0.1, -0.05) is 0 Å². The van der Waals surface area contributed by atoms with Crippen molar-refractivity contribution in [1.82, 2.24) is 4.90 Å². The Hall–Kier alpha value is 1.01. The molecule has 0 radical (unpaired) electrons. The topological polar surface area (TPSA) is 3.24 Å². The van der Waals surface area contributed by atoms with E-state index in [1.807, 2.05) is 0 Å². The van der Waals surface area contributed by atoms with Gasteiger partial charge in [0, 0.05) is 36.7 Å². The molecule has 0 heterocycles. The van der Waals surface area contributed by atoms with Crippen LogP contribution in [0.1, 0.15) is 20.8 Å². The minimum absolute atomic E-state index is 0. The first kappa shape index (κ1) is 11.8. The first-order valence-electron chi connectivity index (χ1n) is 2.62. The molecule has 2 heteroatoms. The molecule has 0 rings (SSSR count). The Morgan fingerprint density at radius 3 is 1.12 bits per heavy atom. The Morgan fingerprint density at radius 1 is 1.00 bits per heavy atom. The fraction of sp³-hybridized carbons (Fsp3) is 1.00. The third-order valence-electron chi connectivity index (χ3n) is 1.34. The van der Waals surface area contributed by atoms with Gasteiger partial charge in [-0.15, -0.1) is 0 Å². The van der Waals surface area contributed by atoms with E-state index in [4.69, 9.17) is 0 Å². The van der Waals surface area contributed by atoms with Gasteiger partial charge in [0.25, 0.3) is 0 Å². The van der Waals surface area contributed by atoms with E-state index in [2.05, 4.69) is 39.8 Å². The predicted octanol–water partition coefficient (Wildman–Crippen LogP) is 1.35. The van der Waals surface area contributed by atoms with Crippen LogP contribution in [-0.4, -0.2) is 24.5 Å². The molecule has 0 N–H and O–H groups in total. The molecule has 0 aliphatic rings.